The number of benzene rings is 1. The van der Waals surface area contributed by atoms with E-state index in [0.717, 1.165) is 12.8 Å². The van der Waals surface area contributed by atoms with Crippen molar-refractivity contribution in [1.29, 1.82) is 0 Å². The SMILES string of the molecule is Cc1ccc2[nH]cc3c2c1C(N)CC3. The lowest BCUT2D eigenvalue weighted by molar-refractivity contribution is 0.640. The van der Waals surface area contributed by atoms with Crippen molar-refractivity contribution < 1.29 is 0 Å². The maximum absolute atomic E-state index is 6.15. The van der Waals surface area contributed by atoms with E-state index in [1.807, 2.05) is 0 Å². The van der Waals surface area contributed by atoms with Crippen molar-refractivity contribution in [2.24, 2.45) is 5.73 Å². The van der Waals surface area contributed by atoms with E-state index >= 15 is 0 Å². The molecule has 3 N–H and O–H groups in total. The van der Waals surface area contributed by atoms with Crippen LogP contribution in [0, 0.1) is 6.92 Å². The molecule has 2 heteroatoms. The normalized spacial score (nSPS) is 20.3. The van der Waals surface area contributed by atoms with Crippen molar-refractivity contribution in [3.63, 3.8) is 0 Å². The average Bonchev–Trinajstić information content (AvgIpc) is 2.58. The van der Waals surface area contributed by atoms with Crippen LogP contribution in [0.4, 0.5) is 0 Å². The van der Waals surface area contributed by atoms with Gasteiger partial charge in [0.15, 0.2) is 0 Å². The van der Waals surface area contributed by atoms with Gasteiger partial charge in [-0.25, -0.2) is 0 Å². The van der Waals surface area contributed by atoms with Crippen LogP contribution < -0.4 is 5.73 Å². The number of aryl methyl sites for hydroxylation is 2. The largest absolute Gasteiger partial charge is 0.361 e. The van der Waals surface area contributed by atoms with Gasteiger partial charge in [-0.15, -0.1) is 0 Å². The van der Waals surface area contributed by atoms with Crippen LogP contribution in [0.1, 0.15) is 29.2 Å². The van der Waals surface area contributed by atoms with Gasteiger partial charge in [-0.2, -0.15) is 0 Å². The first-order valence-electron chi connectivity index (χ1n) is 5.12. The van der Waals surface area contributed by atoms with Gasteiger partial charge in [0.2, 0.25) is 0 Å². The number of hydrogen-bond acceptors (Lipinski definition) is 1. The molecule has 0 spiro atoms. The van der Waals surface area contributed by atoms with Crippen molar-refractivity contribution in [1.82, 2.24) is 4.98 Å². The Labute approximate surface area is 83.1 Å². The number of aromatic nitrogens is 1. The van der Waals surface area contributed by atoms with Gasteiger partial charge in [-0.3, -0.25) is 0 Å². The van der Waals surface area contributed by atoms with E-state index in [9.17, 15) is 0 Å². The van der Waals surface area contributed by atoms with Gasteiger partial charge in [0.1, 0.15) is 0 Å². The summed E-state index contributed by atoms with van der Waals surface area (Å²) in [7, 11) is 0. The van der Waals surface area contributed by atoms with Crippen LogP contribution in [0.3, 0.4) is 0 Å². The molecule has 2 nitrogen and oxygen atoms in total. The minimum Gasteiger partial charge on any atom is -0.361 e. The fourth-order valence-electron chi connectivity index (χ4n) is 2.56. The Kier molecular flexibility index (Phi) is 1.50. The molecule has 1 unspecified atom stereocenters. The highest BCUT2D eigenvalue weighted by atomic mass is 14.7. The summed E-state index contributed by atoms with van der Waals surface area (Å²) in [5.41, 5.74) is 11.5. The molecule has 0 radical (unpaired) electrons. The minimum atomic E-state index is 0.224. The number of aromatic amines is 1. The molecule has 0 bridgehead atoms. The van der Waals surface area contributed by atoms with Gasteiger partial charge in [0.05, 0.1) is 0 Å². The standard InChI is InChI=1S/C12H14N2/c1-7-2-5-10-12-8(6-14-10)3-4-9(13)11(7)12/h2,5-6,9,14H,3-4,13H2,1H3. The Morgan fingerprint density at radius 2 is 2.29 bits per heavy atom. The topological polar surface area (TPSA) is 41.8 Å². The minimum absolute atomic E-state index is 0.224. The average molecular weight is 186 g/mol. The number of H-pyrrole nitrogens is 1. The van der Waals surface area contributed by atoms with Crippen molar-refractivity contribution in [2.75, 3.05) is 0 Å². The van der Waals surface area contributed by atoms with Crippen LogP contribution in [-0.4, -0.2) is 4.98 Å². The summed E-state index contributed by atoms with van der Waals surface area (Å²) in [5, 5.41) is 1.38. The second kappa shape index (κ2) is 2.61. The summed E-state index contributed by atoms with van der Waals surface area (Å²) >= 11 is 0. The van der Waals surface area contributed by atoms with Gasteiger partial charge in [0, 0.05) is 23.1 Å². The Morgan fingerprint density at radius 1 is 1.43 bits per heavy atom. The third-order valence-corrected chi connectivity index (χ3v) is 3.28. The lowest BCUT2D eigenvalue weighted by Crippen LogP contribution is -2.16. The molecular weight excluding hydrogens is 172 g/mol. The zero-order valence-electron chi connectivity index (χ0n) is 8.30. The Balaban J connectivity index is 2.48. The van der Waals surface area contributed by atoms with Crippen LogP contribution >= 0.6 is 0 Å². The molecule has 72 valence electrons. The van der Waals surface area contributed by atoms with Crippen LogP contribution in [0.5, 0.6) is 0 Å². The Hall–Kier alpha value is -1.28. The van der Waals surface area contributed by atoms with Crippen molar-refractivity contribution >= 4 is 10.9 Å². The number of nitrogens with two attached hydrogens (primary N) is 1. The first-order chi connectivity index (χ1) is 6.77. The Bertz CT molecular complexity index is 496. The molecule has 0 saturated heterocycles. The first-order valence-corrected chi connectivity index (χ1v) is 5.12. The highest BCUT2D eigenvalue weighted by Crippen LogP contribution is 2.35. The third kappa shape index (κ3) is 0.891. The molecule has 0 aliphatic heterocycles. The Morgan fingerprint density at radius 3 is 3.14 bits per heavy atom. The molecule has 1 heterocycles. The molecule has 0 fully saturated rings. The van der Waals surface area contributed by atoms with Crippen LogP contribution in [0.2, 0.25) is 0 Å². The molecule has 1 aromatic heterocycles. The van der Waals surface area contributed by atoms with Crippen LogP contribution in [0.25, 0.3) is 10.9 Å². The summed E-state index contributed by atoms with van der Waals surface area (Å²) in [6, 6.07) is 4.53. The van der Waals surface area contributed by atoms with Gasteiger partial charge >= 0.3 is 0 Å². The smallest absolute Gasteiger partial charge is 0.0460 e. The molecule has 1 aliphatic carbocycles. The maximum atomic E-state index is 6.15. The lowest BCUT2D eigenvalue weighted by atomic mass is 9.87. The van der Waals surface area contributed by atoms with Crippen molar-refractivity contribution in [3.05, 3.63) is 35.0 Å². The summed E-state index contributed by atoms with van der Waals surface area (Å²) in [6.45, 7) is 2.15. The highest BCUT2D eigenvalue weighted by Gasteiger charge is 2.21. The van der Waals surface area contributed by atoms with Gasteiger partial charge in [-0.1, -0.05) is 6.07 Å². The highest BCUT2D eigenvalue weighted by molar-refractivity contribution is 5.89. The van der Waals surface area contributed by atoms with E-state index in [2.05, 4.69) is 30.2 Å². The fraction of sp³-hybridized carbons (Fsp3) is 0.333. The predicted octanol–water partition coefficient (Wildman–Crippen LogP) is 2.42. The summed E-state index contributed by atoms with van der Waals surface area (Å²) in [4.78, 5) is 3.31. The molecule has 14 heavy (non-hydrogen) atoms. The molecule has 3 rings (SSSR count). The van der Waals surface area contributed by atoms with Crippen molar-refractivity contribution in [3.8, 4) is 0 Å². The zero-order valence-corrected chi connectivity index (χ0v) is 8.30. The first kappa shape index (κ1) is 8.06. The monoisotopic (exact) mass is 186 g/mol. The lowest BCUT2D eigenvalue weighted by Gasteiger charge is -2.21. The van der Waals surface area contributed by atoms with Gasteiger partial charge < -0.3 is 10.7 Å². The van der Waals surface area contributed by atoms with Gasteiger partial charge in [-0.05, 0) is 42.5 Å². The zero-order chi connectivity index (χ0) is 9.71. The molecule has 1 atom stereocenters. The van der Waals surface area contributed by atoms with Crippen LogP contribution in [-0.2, 0) is 6.42 Å². The molecule has 1 aromatic carbocycles. The maximum Gasteiger partial charge on any atom is 0.0460 e. The van der Waals surface area contributed by atoms with Crippen LogP contribution in [0.15, 0.2) is 18.3 Å². The molecule has 2 aromatic rings. The predicted molar refractivity (Wildman–Crippen MR) is 58.3 cm³/mol. The van der Waals surface area contributed by atoms with E-state index < -0.39 is 0 Å². The summed E-state index contributed by atoms with van der Waals surface area (Å²) < 4.78 is 0. The molecule has 1 aliphatic rings. The summed E-state index contributed by atoms with van der Waals surface area (Å²) in [6.07, 6.45) is 4.31. The molecule has 0 saturated carbocycles. The van der Waals surface area contributed by atoms with E-state index in [1.54, 1.807) is 0 Å². The van der Waals surface area contributed by atoms with E-state index in [4.69, 9.17) is 5.73 Å². The number of rotatable bonds is 0. The molecular formula is C12H14N2. The third-order valence-electron chi connectivity index (χ3n) is 3.28. The fourth-order valence-corrected chi connectivity index (χ4v) is 2.56. The quantitative estimate of drug-likeness (QED) is 0.652. The van der Waals surface area contributed by atoms with Crippen molar-refractivity contribution in [2.45, 2.75) is 25.8 Å². The van der Waals surface area contributed by atoms with E-state index in [-0.39, 0.29) is 6.04 Å². The van der Waals surface area contributed by atoms with Gasteiger partial charge in [0.25, 0.3) is 0 Å². The second-order valence-electron chi connectivity index (χ2n) is 4.18. The molecule has 0 amide bonds. The summed E-state index contributed by atoms with van der Waals surface area (Å²) in [5.74, 6) is 0. The number of nitrogens with one attached hydrogen (secondary N) is 1. The second-order valence-corrected chi connectivity index (χ2v) is 4.18. The van der Waals surface area contributed by atoms with E-state index in [1.165, 1.54) is 27.6 Å². The number of hydrogen-bond donors (Lipinski definition) is 2. The van der Waals surface area contributed by atoms with E-state index in [0.29, 0.717) is 0 Å².